The molecule has 0 saturated carbocycles. The van der Waals surface area contributed by atoms with Crippen molar-refractivity contribution in [3.8, 4) is 0 Å². The summed E-state index contributed by atoms with van der Waals surface area (Å²) in [6.45, 7) is 10.4. The number of rotatable bonds is 9. The highest BCUT2D eigenvalue weighted by Gasteiger charge is 2.10. The Balaban J connectivity index is 1.77. The quantitative estimate of drug-likeness (QED) is 0.566. The van der Waals surface area contributed by atoms with Crippen LogP contribution in [0.4, 0.5) is 0 Å². The van der Waals surface area contributed by atoms with Crippen molar-refractivity contribution in [2.45, 2.75) is 45.6 Å². The van der Waals surface area contributed by atoms with Gasteiger partial charge in [-0.1, -0.05) is 6.92 Å². The van der Waals surface area contributed by atoms with Gasteiger partial charge in [-0.3, -0.25) is 0 Å². The van der Waals surface area contributed by atoms with E-state index in [-0.39, 0.29) is 0 Å². The van der Waals surface area contributed by atoms with Gasteiger partial charge in [0.25, 0.3) is 0 Å². The Hall–Kier alpha value is -0.120. The van der Waals surface area contributed by atoms with Crippen LogP contribution < -0.4 is 0 Å². The molecule has 0 spiro atoms. The fourth-order valence-electron chi connectivity index (χ4n) is 1.87. The Morgan fingerprint density at radius 2 is 1.88 bits per heavy atom. The van der Waals surface area contributed by atoms with Crippen LogP contribution in [-0.2, 0) is 9.47 Å². The molecule has 1 heterocycles. The van der Waals surface area contributed by atoms with Crippen molar-refractivity contribution in [3.63, 3.8) is 0 Å². The van der Waals surface area contributed by atoms with Crippen LogP contribution in [0.2, 0.25) is 0 Å². The normalized spacial score (nSPS) is 19.1. The maximum Gasteiger partial charge on any atom is 0.0593 e. The molecule has 0 N–H and O–H groups in total. The standard InChI is InChI=1S/C13H27NO2/c1-3-13(2)16-11-6-10-15-12-9-14-7-4-5-8-14/h13H,3-12H2,1-2H3. The molecular formula is C13H27NO2. The molecule has 3 nitrogen and oxygen atoms in total. The molecule has 1 fully saturated rings. The second kappa shape index (κ2) is 8.97. The second-order valence-corrected chi connectivity index (χ2v) is 4.60. The van der Waals surface area contributed by atoms with Gasteiger partial charge in [-0.15, -0.1) is 0 Å². The van der Waals surface area contributed by atoms with Gasteiger partial charge < -0.3 is 14.4 Å². The van der Waals surface area contributed by atoms with Gasteiger partial charge in [0, 0.05) is 19.8 Å². The topological polar surface area (TPSA) is 21.7 Å². The minimum atomic E-state index is 0.393. The van der Waals surface area contributed by atoms with Crippen LogP contribution in [0, 0.1) is 0 Å². The molecule has 3 heteroatoms. The van der Waals surface area contributed by atoms with Crippen LogP contribution in [0.3, 0.4) is 0 Å². The number of likely N-dealkylation sites (tertiary alicyclic amines) is 1. The molecule has 1 aliphatic rings. The first-order valence-electron chi connectivity index (χ1n) is 6.74. The van der Waals surface area contributed by atoms with E-state index in [1.165, 1.54) is 25.9 Å². The third kappa shape index (κ3) is 6.46. The number of hydrogen-bond acceptors (Lipinski definition) is 3. The molecule has 16 heavy (non-hydrogen) atoms. The minimum Gasteiger partial charge on any atom is -0.380 e. The van der Waals surface area contributed by atoms with Crippen molar-refractivity contribution >= 4 is 0 Å². The maximum absolute atomic E-state index is 5.59. The second-order valence-electron chi connectivity index (χ2n) is 4.60. The Labute approximate surface area is 100 Å². The summed E-state index contributed by atoms with van der Waals surface area (Å²) < 4.78 is 11.2. The molecule has 0 aromatic heterocycles. The van der Waals surface area contributed by atoms with Crippen LogP contribution in [0.25, 0.3) is 0 Å². The molecule has 96 valence electrons. The summed E-state index contributed by atoms with van der Waals surface area (Å²) in [7, 11) is 0. The molecule has 0 aromatic rings. The van der Waals surface area contributed by atoms with E-state index in [9.17, 15) is 0 Å². The fraction of sp³-hybridized carbons (Fsp3) is 1.00. The molecule has 1 saturated heterocycles. The van der Waals surface area contributed by atoms with E-state index in [1.54, 1.807) is 0 Å². The SMILES string of the molecule is CCC(C)OCCCOCCN1CCCC1. The summed E-state index contributed by atoms with van der Waals surface area (Å²) in [6, 6.07) is 0. The van der Waals surface area contributed by atoms with Crippen LogP contribution in [0.5, 0.6) is 0 Å². The summed E-state index contributed by atoms with van der Waals surface area (Å²) in [5.41, 5.74) is 0. The molecule has 0 aliphatic carbocycles. The van der Waals surface area contributed by atoms with E-state index in [0.29, 0.717) is 6.10 Å². The molecule has 0 aromatic carbocycles. The zero-order valence-corrected chi connectivity index (χ0v) is 10.9. The first-order valence-corrected chi connectivity index (χ1v) is 6.74. The van der Waals surface area contributed by atoms with Gasteiger partial charge in [-0.05, 0) is 45.7 Å². The highest BCUT2D eigenvalue weighted by atomic mass is 16.5. The van der Waals surface area contributed by atoms with Crippen molar-refractivity contribution in [1.82, 2.24) is 4.90 Å². The van der Waals surface area contributed by atoms with Crippen LogP contribution in [-0.4, -0.2) is 50.5 Å². The van der Waals surface area contributed by atoms with Gasteiger partial charge in [0.15, 0.2) is 0 Å². The van der Waals surface area contributed by atoms with Gasteiger partial charge in [0.1, 0.15) is 0 Å². The van der Waals surface area contributed by atoms with Crippen molar-refractivity contribution in [3.05, 3.63) is 0 Å². The van der Waals surface area contributed by atoms with Crippen molar-refractivity contribution in [1.29, 1.82) is 0 Å². The van der Waals surface area contributed by atoms with Crippen LogP contribution >= 0.6 is 0 Å². The Morgan fingerprint density at radius 3 is 2.56 bits per heavy atom. The Kier molecular flexibility index (Phi) is 7.81. The lowest BCUT2D eigenvalue weighted by Gasteiger charge is -2.14. The molecule has 1 unspecified atom stereocenters. The molecule has 1 aliphatic heterocycles. The van der Waals surface area contributed by atoms with Crippen LogP contribution in [0.1, 0.15) is 39.5 Å². The van der Waals surface area contributed by atoms with E-state index in [4.69, 9.17) is 9.47 Å². The third-order valence-corrected chi connectivity index (χ3v) is 3.16. The van der Waals surface area contributed by atoms with Crippen molar-refractivity contribution < 1.29 is 9.47 Å². The van der Waals surface area contributed by atoms with E-state index < -0.39 is 0 Å². The van der Waals surface area contributed by atoms with E-state index in [2.05, 4.69) is 18.7 Å². The monoisotopic (exact) mass is 229 g/mol. The smallest absolute Gasteiger partial charge is 0.0593 e. The summed E-state index contributed by atoms with van der Waals surface area (Å²) in [5.74, 6) is 0. The number of nitrogens with zero attached hydrogens (tertiary/aromatic N) is 1. The maximum atomic E-state index is 5.59. The van der Waals surface area contributed by atoms with Gasteiger partial charge >= 0.3 is 0 Å². The lowest BCUT2D eigenvalue weighted by atomic mass is 10.3. The van der Waals surface area contributed by atoms with Gasteiger partial charge in [-0.25, -0.2) is 0 Å². The highest BCUT2D eigenvalue weighted by molar-refractivity contribution is 4.65. The van der Waals surface area contributed by atoms with E-state index >= 15 is 0 Å². The Morgan fingerprint density at radius 1 is 1.12 bits per heavy atom. The van der Waals surface area contributed by atoms with Gasteiger partial charge in [-0.2, -0.15) is 0 Å². The largest absolute Gasteiger partial charge is 0.380 e. The highest BCUT2D eigenvalue weighted by Crippen LogP contribution is 2.06. The third-order valence-electron chi connectivity index (χ3n) is 3.16. The zero-order valence-electron chi connectivity index (χ0n) is 10.9. The molecule has 0 bridgehead atoms. The van der Waals surface area contributed by atoms with E-state index in [1.807, 2.05) is 0 Å². The number of hydrogen-bond donors (Lipinski definition) is 0. The van der Waals surface area contributed by atoms with Crippen molar-refractivity contribution in [2.75, 3.05) is 39.5 Å². The average Bonchev–Trinajstić information content (AvgIpc) is 2.80. The lowest BCUT2D eigenvalue weighted by Crippen LogP contribution is -2.24. The molecule has 0 amide bonds. The predicted octanol–water partition coefficient (Wildman–Crippen LogP) is 2.30. The van der Waals surface area contributed by atoms with Gasteiger partial charge in [0.2, 0.25) is 0 Å². The van der Waals surface area contributed by atoms with Gasteiger partial charge in [0.05, 0.1) is 12.7 Å². The first-order chi connectivity index (χ1) is 7.83. The molecular weight excluding hydrogens is 202 g/mol. The Bertz CT molecular complexity index is 158. The van der Waals surface area contributed by atoms with Crippen molar-refractivity contribution in [2.24, 2.45) is 0 Å². The minimum absolute atomic E-state index is 0.393. The lowest BCUT2D eigenvalue weighted by molar-refractivity contribution is 0.0379. The average molecular weight is 229 g/mol. The number of ether oxygens (including phenoxy) is 2. The first kappa shape index (κ1) is 13.9. The molecule has 1 atom stereocenters. The molecule has 1 rings (SSSR count). The predicted molar refractivity (Wildman–Crippen MR) is 66.8 cm³/mol. The summed E-state index contributed by atoms with van der Waals surface area (Å²) in [6.07, 6.45) is 5.23. The summed E-state index contributed by atoms with van der Waals surface area (Å²) in [5, 5.41) is 0. The summed E-state index contributed by atoms with van der Waals surface area (Å²) >= 11 is 0. The van der Waals surface area contributed by atoms with E-state index in [0.717, 1.165) is 39.2 Å². The zero-order chi connectivity index (χ0) is 11.6. The fourth-order valence-corrected chi connectivity index (χ4v) is 1.87. The summed E-state index contributed by atoms with van der Waals surface area (Å²) in [4.78, 5) is 2.48. The molecule has 0 radical (unpaired) electrons. The van der Waals surface area contributed by atoms with Crippen LogP contribution in [0.15, 0.2) is 0 Å².